The Kier molecular flexibility index (Phi) is 18.2. The van der Waals surface area contributed by atoms with Gasteiger partial charge in [-0.3, -0.25) is 0 Å². The van der Waals surface area contributed by atoms with Gasteiger partial charge < -0.3 is 9.47 Å². The lowest BCUT2D eigenvalue weighted by atomic mass is 9.97. The van der Waals surface area contributed by atoms with Gasteiger partial charge in [0.05, 0.1) is 18.1 Å². The molecule has 1 aliphatic rings. The van der Waals surface area contributed by atoms with Gasteiger partial charge in [-0.2, -0.15) is 4.57 Å². The molecule has 0 spiro atoms. The predicted octanol–water partition coefficient (Wildman–Crippen LogP) is 8.50. The molecule has 3 nitrogen and oxygen atoms in total. The molecule has 2 unspecified atom stereocenters. The van der Waals surface area contributed by atoms with Crippen molar-refractivity contribution < 1.29 is 14.0 Å². The van der Waals surface area contributed by atoms with Gasteiger partial charge in [0, 0.05) is 19.6 Å². The molecule has 2 heterocycles. The summed E-state index contributed by atoms with van der Waals surface area (Å²) >= 11 is 1.77. The highest BCUT2D eigenvalue weighted by atomic mass is 32.1. The zero-order chi connectivity index (χ0) is 23.2. The van der Waals surface area contributed by atoms with E-state index in [1.807, 2.05) is 0 Å². The maximum absolute atomic E-state index is 5.99. The highest BCUT2D eigenvalue weighted by Gasteiger charge is 2.24. The summed E-state index contributed by atoms with van der Waals surface area (Å²) in [5.74, 6) is 0.779. The molecular formula is C29H54NO2S+. The zero-order valence-corrected chi connectivity index (χ0v) is 22.6. The van der Waals surface area contributed by atoms with E-state index >= 15 is 0 Å². The van der Waals surface area contributed by atoms with Crippen LogP contribution in [-0.4, -0.2) is 25.9 Å². The molecule has 1 fully saturated rings. The Morgan fingerprint density at radius 3 is 2.12 bits per heavy atom. The van der Waals surface area contributed by atoms with E-state index in [1.165, 1.54) is 122 Å². The number of aromatic nitrogens is 1. The largest absolute Gasteiger partial charge is 0.379 e. The number of hydrogen-bond donors (Lipinski definition) is 0. The molecule has 0 radical (unpaired) electrons. The fourth-order valence-electron chi connectivity index (χ4n) is 5.00. The highest BCUT2D eigenvalue weighted by Crippen LogP contribution is 2.25. The molecule has 192 valence electrons. The summed E-state index contributed by atoms with van der Waals surface area (Å²) in [6.07, 6.45) is 28.8. The molecule has 1 aromatic rings. The molecule has 1 aromatic heterocycles. The fraction of sp³-hybridized carbons (Fsp3) is 0.897. The van der Waals surface area contributed by atoms with E-state index in [9.17, 15) is 0 Å². The van der Waals surface area contributed by atoms with Crippen LogP contribution in [0, 0.1) is 5.92 Å². The van der Waals surface area contributed by atoms with E-state index in [-0.39, 0.29) is 0 Å². The van der Waals surface area contributed by atoms with E-state index in [0.29, 0.717) is 6.10 Å². The lowest BCUT2D eigenvalue weighted by molar-refractivity contribution is -0.692. The molecular weight excluding hydrogens is 426 g/mol. The average molecular weight is 481 g/mol. The Balaban J connectivity index is 1.27. The van der Waals surface area contributed by atoms with Crippen LogP contribution in [0.4, 0.5) is 0 Å². The van der Waals surface area contributed by atoms with Crippen LogP contribution in [-0.2, 0) is 16.0 Å². The quantitative estimate of drug-likeness (QED) is 0.116. The van der Waals surface area contributed by atoms with Crippen LogP contribution in [0.2, 0.25) is 0 Å². The lowest BCUT2D eigenvalue weighted by Gasteiger charge is -2.10. The molecule has 0 aromatic carbocycles. The Bertz CT molecular complexity index is 522. The average Bonchev–Trinajstić information content (AvgIpc) is 3.51. The van der Waals surface area contributed by atoms with E-state index in [0.717, 1.165) is 32.3 Å². The van der Waals surface area contributed by atoms with Crippen molar-refractivity contribution in [1.82, 2.24) is 0 Å². The summed E-state index contributed by atoms with van der Waals surface area (Å²) in [6, 6.07) is 0. The van der Waals surface area contributed by atoms with Crippen molar-refractivity contribution in [3.8, 4) is 0 Å². The fourth-order valence-corrected chi connectivity index (χ4v) is 5.63. The maximum atomic E-state index is 5.99. The minimum absolute atomic E-state index is 0.354. The Morgan fingerprint density at radius 1 is 0.818 bits per heavy atom. The maximum Gasteiger partial charge on any atom is 0.224 e. The van der Waals surface area contributed by atoms with Crippen molar-refractivity contribution in [2.24, 2.45) is 5.92 Å². The third kappa shape index (κ3) is 16.0. The van der Waals surface area contributed by atoms with Gasteiger partial charge in [0.1, 0.15) is 6.54 Å². The number of nitrogens with zero attached hydrogens (tertiary/aromatic N) is 1. The second-order valence-corrected chi connectivity index (χ2v) is 11.1. The molecule has 33 heavy (non-hydrogen) atoms. The summed E-state index contributed by atoms with van der Waals surface area (Å²) in [5, 5.41) is 2.14. The third-order valence-electron chi connectivity index (χ3n) is 7.17. The van der Waals surface area contributed by atoms with Gasteiger partial charge in [0.25, 0.3) is 0 Å². The lowest BCUT2D eigenvalue weighted by Crippen LogP contribution is -2.29. The van der Waals surface area contributed by atoms with Crippen LogP contribution in [0.5, 0.6) is 0 Å². The first-order valence-corrected chi connectivity index (χ1v) is 15.4. The van der Waals surface area contributed by atoms with Crippen molar-refractivity contribution in [1.29, 1.82) is 0 Å². The second-order valence-electron chi connectivity index (χ2n) is 10.3. The Labute approximate surface area is 209 Å². The monoisotopic (exact) mass is 480 g/mol. The summed E-state index contributed by atoms with van der Waals surface area (Å²) in [5.41, 5.74) is 2.19. The Morgan fingerprint density at radius 2 is 1.45 bits per heavy atom. The zero-order valence-electron chi connectivity index (χ0n) is 21.8. The SMILES string of the molecule is CCCCCCCCCCCCCCCC1COC(COCCCCCC[n+]2ccsc2)C1. The summed E-state index contributed by atoms with van der Waals surface area (Å²) in [7, 11) is 0. The van der Waals surface area contributed by atoms with Gasteiger partial charge in [-0.15, -0.1) is 0 Å². The predicted molar refractivity (Wildman–Crippen MR) is 142 cm³/mol. The minimum Gasteiger partial charge on any atom is -0.379 e. The van der Waals surface area contributed by atoms with Gasteiger partial charge in [0.15, 0.2) is 6.20 Å². The molecule has 0 N–H and O–H groups in total. The van der Waals surface area contributed by atoms with Crippen molar-refractivity contribution in [2.75, 3.05) is 19.8 Å². The number of rotatable bonds is 23. The molecule has 4 heteroatoms. The molecule has 0 aliphatic carbocycles. The number of unbranched alkanes of at least 4 members (excludes halogenated alkanes) is 15. The van der Waals surface area contributed by atoms with E-state index in [2.05, 4.69) is 28.6 Å². The van der Waals surface area contributed by atoms with Crippen LogP contribution in [0.25, 0.3) is 0 Å². The van der Waals surface area contributed by atoms with Gasteiger partial charge in [-0.1, -0.05) is 108 Å². The molecule has 0 saturated carbocycles. The van der Waals surface area contributed by atoms with Gasteiger partial charge >= 0.3 is 0 Å². The summed E-state index contributed by atoms with van der Waals surface area (Å²) < 4.78 is 14.2. The normalized spacial score (nSPS) is 18.3. The van der Waals surface area contributed by atoms with Crippen molar-refractivity contribution in [3.63, 3.8) is 0 Å². The topological polar surface area (TPSA) is 22.3 Å². The van der Waals surface area contributed by atoms with Crippen LogP contribution >= 0.6 is 11.3 Å². The Hall–Kier alpha value is -0.450. The van der Waals surface area contributed by atoms with Crippen molar-refractivity contribution in [2.45, 2.75) is 142 Å². The highest BCUT2D eigenvalue weighted by molar-refractivity contribution is 7.07. The second kappa shape index (κ2) is 20.9. The van der Waals surface area contributed by atoms with E-state index in [1.54, 1.807) is 11.3 Å². The smallest absolute Gasteiger partial charge is 0.224 e. The minimum atomic E-state index is 0.354. The standard InChI is InChI=1S/C29H54NO2S/c1-2-3-4-5-6-7-8-9-10-11-12-13-16-19-28-24-29(32-25-28)26-31-22-18-15-14-17-20-30-21-23-33-27-30/h21,23,27-29H,2-20,22,24-26H2,1H3/q+1. The third-order valence-corrected chi connectivity index (χ3v) is 7.84. The van der Waals surface area contributed by atoms with E-state index in [4.69, 9.17) is 9.47 Å². The summed E-state index contributed by atoms with van der Waals surface area (Å²) in [6.45, 7) is 6.12. The molecule has 1 aliphatic heterocycles. The van der Waals surface area contributed by atoms with Gasteiger partial charge in [-0.05, 0) is 31.6 Å². The molecule has 0 amide bonds. The summed E-state index contributed by atoms with van der Waals surface area (Å²) in [4.78, 5) is 0. The van der Waals surface area contributed by atoms with Crippen LogP contribution < -0.4 is 4.57 Å². The van der Waals surface area contributed by atoms with Gasteiger partial charge in [-0.25, -0.2) is 0 Å². The number of thiazole rings is 1. The van der Waals surface area contributed by atoms with E-state index < -0.39 is 0 Å². The number of ether oxygens (including phenoxy) is 2. The first-order chi connectivity index (χ1) is 16.4. The van der Waals surface area contributed by atoms with Crippen molar-refractivity contribution >= 4 is 11.3 Å². The molecule has 2 rings (SSSR count). The molecule has 0 bridgehead atoms. The van der Waals surface area contributed by atoms with Crippen LogP contribution in [0.3, 0.4) is 0 Å². The van der Waals surface area contributed by atoms with Crippen LogP contribution in [0.15, 0.2) is 17.1 Å². The first kappa shape index (κ1) is 28.8. The van der Waals surface area contributed by atoms with Gasteiger partial charge in [0.2, 0.25) is 5.51 Å². The molecule has 2 atom stereocenters. The van der Waals surface area contributed by atoms with Crippen LogP contribution in [0.1, 0.15) is 129 Å². The van der Waals surface area contributed by atoms with Crippen molar-refractivity contribution in [3.05, 3.63) is 17.1 Å². The first-order valence-electron chi connectivity index (χ1n) is 14.5. The number of aryl methyl sites for hydroxylation is 1. The number of hydrogen-bond acceptors (Lipinski definition) is 3. The molecule has 1 saturated heterocycles.